The van der Waals surface area contributed by atoms with E-state index in [0.717, 1.165) is 16.9 Å². The van der Waals surface area contributed by atoms with Gasteiger partial charge >= 0.3 is 0 Å². The van der Waals surface area contributed by atoms with Gasteiger partial charge in [0.25, 0.3) is 11.5 Å². The number of rotatable bonds is 7. The zero-order valence-corrected chi connectivity index (χ0v) is 17.5. The van der Waals surface area contributed by atoms with E-state index in [1.54, 1.807) is 24.4 Å². The van der Waals surface area contributed by atoms with Gasteiger partial charge in [0.05, 0.1) is 18.9 Å². The summed E-state index contributed by atoms with van der Waals surface area (Å²) in [6.45, 7) is 4.23. The van der Waals surface area contributed by atoms with Crippen molar-refractivity contribution in [3.05, 3.63) is 98.9 Å². The second kappa shape index (κ2) is 9.89. The van der Waals surface area contributed by atoms with Crippen LogP contribution >= 0.6 is 11.6 Å². The van der Waals surface area contributed by atoms with Crippen LogP contribution in [0.3, 0.4) is 0 Å². The van der Waals surface area contributed by atoms with Crippen LogP contribution in [0.4, 0.5) is 0 Å². The van der Waals surface area contributed by atoms with Gasteiger partial charge in [-0.3, -0.25) is 9.59 Å². The van der Waals surface area contributed by atoms with Crippen molar-refractivity contribution < 1.29 is 9.53 Å². The largest absolute Gasteiger partial charge is 0.491 e. The van der Waals surface area contributed by atoms with Gasteiger partial charge in [-0.05, 0) is 73.5 Å². The average molecular weight is 424 g/mol. The predicted octanol–water partition coefficient (Wildman–Crippen LogP) is 4.10. The van der Waals surface area contributed by atoms with Crippen molar-refractivity contribution in [3.8, 4) is 5.75 Å². The van der Waals surface area contributed by atoms with Crippen LogP contribution in [0.5, 0.6) is 5.75 Å². The van der Waals surface area contributed by atoms with E-state index < -0.39 is 11.5 Å². The molecule has 1 heterocycles. The molecule has 0 fully saturated rings. The minimum Gasteiger partial charge on any atom is -0.491 e. The number of nitrogens with one attached hydrogen (secondary N) is 1. The van der Waals surface area contributed by atoms with E-state index in [1.807, 2.05) is 50.2 Å². The maximum absolute atomic E-state index is 12.7. The van der Waals surface area contributed by atoms with Crippen LogP contribution in [0.2, 0.25) is 5.02 Å². The SMILES string of the molecule is CC(C)Oc1ccc(/C=N\NC(=O)c2cccn(Cc3cccc(Cl)c3)c2=O)cc1. The Morgan fingerprint density at radius 2 is 1.93 bits per heavy atom. The number of nitrogens with zero attached hydrogens (tertiary/aromatic N) is 2. The highest BCUT2D eigenvalue weighted by Gasteiger charge is 2.11. The molecule has 0 aliphatic heterocycles. The summed E-state index contributed by atoms with van der Waals surface area (Å²) in [4.78, 5) is 25.1. The molecule has 0 saturated heterocycles. The molecule has 1 N–H and O–H groups in total. The minimum absolute atomic E-state index is 0.0114. The third-order valence-corrected chi connectivity index (χ3v) is 4.37. The lowest BCUT2D eigenvalue weighted by atomic mass is 10.2. The number of amides is 1. The quantitative estimate of drug-likeness (QED) is 0.459. The first-order valence-electron chi connectivity index (χ1n) is 9.46. The second-order valence-electron chi connectivity index (χ2n) is 6.92. The van der Waals surface area contributed by atoms with E-state index >= 15 is 0 Å². The summed E-state index contributed by atoms with van der Waals surface area (Å²) in [7, 11) is 0. The highest BCUT2D eigenvalue weighted by molar-refractivity contribution is 6.30. The summed E-state index contributed by atoms with van der Waals surface area (Å²) >= 11 is 6.00. The maximum atomic E-state index is 12.7. The van der Waals surface area contributed by atoms with Crippen molar-refractivity contribution in [2.24, 2.45) is 5.10 Å². The molecule has 0 aliphatic rings. The van der Waals surface area contributed by atoms with Gasteiger partial charge in [-0.1, -0.05) is 23.7 Å². The molecule has 7 heteroatoms. The average Bonchev–Trinajstić information content (AvgIpc) is 2.70. The molecule has 0 aliphatic carbocycles. The van der Waals surface area contributed by atoms with Gasteiger partial charge in [0.1, 0.15) is 11.3 Å². The summed E-state index contributed by atoms with van der Waals surface area (Å²) in [6, 6.07) is 17.7. The third-order valence-electron chi connectivity index (χ3n) is 4.14. The van der Waals surface area contributed by atoms with Gasteiger partial charge in [0.15, 0.2) is 0 Å². The molecule has 0 bridgehead atoms. The standard InChI is InChI=1S/C23H22ClN3O3/c1-16(2)30-20-10-8-17(9-11-20)14-25-26-22(28)21-7-4-12-27(23(21)29)15-18-5-3-6-19(24)13-18/h3-14,16H,15H2,1-2H3,(H,26,28)/b25-14-. The predicted molar refractivity (Wildman–Crippen MR) is 119 cm³/mol. The first-order valence-corrected chi connectivity index (χ1v) is 9.84. The molecular weight excluding hydrogens is 402 g/mol. The number of carbonyl (C=O) groups excluding carboxylic acids is 1. The molecule has 6 nitrogen and oxygen atoms in total. The molecule has 0 saturated carbocycles. The molecule has 0 radical (unpaired) electrons. The fraction of sp³-hybridized carbons (Fsp3) is 0.174. The van der Waals surface area contributed by atoms with Crippen molar-refractivity contribution in [2.45, 2.75) is 26.5 Å². The van der Waals surface area contributed by atoms with Crippen LogP contribution in [-0.4, -0.2) is 22.8 Å². The Morgan fingerprint density at radius 1 is 1.17 bits per heavy atom. The van der Waals surface area contributed by atoms with Crippen molar-refractivity contribution in [1.82, 2.24) is 9.99 Å². The smallest absolute Gasteiger partial charge is 0.276 e. The normalized spacial score (nSPS) is 11.1. The number of benzene rings is 2. The lowest BCUT2D eigenvalue weighted by Gasteiger charge is -2.09. The molecule has 0 spiro atoms. The van der Waals surface area contributed by atoms with E-state index in [-0.39, 0.29) is 11.7 Å². The Kier molecular flexibility index (Phi) is 7.03. The number of hydrogen-bond acceptors (Lipinski definition) is 4. The van der Waals surface area contributed by atoms with Gasteiger partial charge in [0, 0.05) is 11.2 Å². The molecule has 1 amide bonds. The van der Waals surface area contributed by atoms with E-state index in [2.05, 4.69) is 10.5 Å². The van der Waals surface area contributed by atoms with Crippen molar-refractivity contribution in [3.63, 3.8) is 0 Å². The first kappa shape index (κ1) is 21.3. The van der Waals surface area contributed by atoms with Crippen LogP contribution < -0.4 is 15.7 Å². The lowest BCUT2D eigenvalue weighted by molar-refractivity contribution is 0.0953. The zero-order valence-electron chi connectivity index (χ0n) is 16.7. The molecule has 1 aromatic heterocycles. The molecule has 0 atom stereocenters. The Labute approximate surface area is 179 Å². The van der Waals surface area contributed by atoms with Gasteiger partial charge in [-0.25, -0.2) is 5.43 Å². The third kappa shape index (κ3) is 5.81. The van der Waals surface area contributed by atoms with E-state index in [9.17, 15) is 9.59 Å². The van der Waals surface area contributed by atoms with Crippen LogP contribution in [0, 0.1) is 0 Å². The molecule has 3 aromatic rings. The molecule has 30 heavy (non-hydrogen) atoms. The second-order valence-corrected chi connectivity index (χ2v) is 7.36. The number of aromatic nitrogens is 1. The Balaban J connectivity index is 1.67. The lowest BCUT2D eigenvalue weighted by Crippen LogP contribution is -2.30. The number of hydrazone groups is 1. The summed E-state index contributed by atoms with van der Waals surface area (Å²) in [6.07, 6.45) is 3.23. The number of halogens is 1. The van der Waals surface area contributed by atoms with Gasteiger partial charge < -0.3 is 9.30 Å². The van der Waals surface area contributed by atoms with Crippen molar-refractivity contribution >= 4 is 23.7 Å². The van der Waals surface area contributed by atoms with Crippen LogP contribution in [0.15, 0.2) is 76.8 Å². The summed E-state index contributed by atoms with van der Waals surface area (Å²) in [5.41, 5.74) is 3.66. The van der Waals surface area contributed by atoms with E-state index in [4.69, 9.17) is 16.3 Å². The molecule has 2 aromatic carbocycles. The molecule has 0 unspecified atom stereocenters. The molecular formula is C23H22ClN3O3. The number of hydrogen-bond donors (Lipinski definition) is 1. The monoisotopic (exact) mass is 423 g/mol. The van der Waals surface area contributed by atoms with Crippen LogP contribution in [-0.2, 0) is 6.54 Å². The van der Waals surface area contributed by atoms with Gasteiger partial charge in [-0.15, -0.1) is 0 Å². The van der Waals surface area contributed by atoms with Gasteiger partial charge in [-0.2, -0.15) is 5.10 Å². The number of ether oxygens (including phenoxy) is 1. The topological polar surface area (TPSA) is 72.7 Å². The first-order chi connectivity index (χ1) is 14.4. The van der Waals surface area contributed by atoms with Crippen LogP contribution in [0.25, 0.3) is 0 Å². The van der Waals surface area contributed by atoms with Crippen molar-refractivity contribution in [1.29, 1.82) is 0 Å². The number of carbonyl (C=O) groups is 1. The maximum Gasteiger partial charge on any atom is 0.276 e. The van der Waals surface area contributed by atoms with E-state index in [0.29, 0.717) is 11.6 Å². The van der Waals surface area contributed by atoms with Crippen molar-refractivity contribution in [2.75, 3.05) is 0 Å². The van der Waals surface area contributed by atoms with Gasteiger partial charge in [0.2, 0.25) is 0 Å². The Bertz CT molecular complexity index is 1110. The summed E-state index contributed by atoms with van der Waals surface area (Å²) in [5.74, 6) is 0.187. The zero-order chi connectivity index (χ0) is 21.5. The summed E-state index contributed by atoms with van der Waals surface area (Å²) in [5, 5.41) is 4.53. The number of pyridine rings is 1. The summed E-state index contributed by atoms with van der Waals surface area (Å²) < 4.78 is 7.04. The van der Waals surface area contributed by atoms with E-state index in [1.165, 1.54) is 16.8 Å². The fourth-order valence-corrected chi connectivity index (χ4v) is 3.01. The Hall–Kier alpha value is -3.38. The Morgan fingerprint density at radius 3 is 2.63 bits per heavy atom. The highest BCUT2D eigenvalue weighted by Crippen LogP contribution is 2.13. The minimum atomic E-state index is -0.573. The highest BCUT2D eigenvalue weighted by atomic mass is 35.5. The van der Waals surface area contributed by atoms with Crippen LogP contribution in [0.1, 0.15) is 35.3 Å². The fourth-order valence-electron chi connectivity index (χ4n) is 2.80. The molecule has 154 valence electrons. The molecule has 3 rings (SSSR count).